The summed E-state index contributed by atoms with van der Waals surface area (Å²) in [4.78, 5) is 42.0. The number of ether oxygens (including phenoxy) is 1. The van der Waals surface area contributed by atoms with Gasteiger partial charge in [-0.05, 0) is 48.7 Å². The normalized spacial score (nSPS) is 19.7. The van der Waals surface area contributed by atoms with E-state index in [9.17, 15) is 14.4 Å². The summed E-state index contributed by atoms with van der Waals surface area (Å²) in [5, 5.41) is 10.8. The number of fused-ring (bicyclic) bond motifs is 2. The van der Waals surface area contributed by atoms with Gasteiger partial charge in [-0.25, -0.2) is 5.01 Å². The van der Waals surface area contributed by atoms with Gasteiger partial charge < -0.3 is 20.7 Å². The molecule has 0 aliphatic carbocycles. The van der Waals surface area contributed by atoms with E-state index in [0.717, 1.165) is 22.0 Å². The zero-order chi connectivity index (χ0) is 28.5. The molecule has 9 heteroatoms. The molecule has 2 aliphatic rings. The molecule has 1 saturated heterocycles. The van der Waals surface area contributed by atoms with Gasteiger partial charge >= 0.3 is 0 Å². The summed E-state index contributed by atoms with van der Waals surface area (Å²) in [6.07, 6.45) is 0.892. The third-order valence-corrected chi connectivity index (χ3v) is 7.59. The number of piperidine rings is 1. The molecule has 3 aromatic carbocycles. The molecule has 1 fully saturated rings. The van der Waals surface area contributed by atoms with Gasteiger partial charge in [0.05, 0.1) is 11.3 Å². The standard InChI is InChI=1S/C31H35N5O4/c1-30(2,32)28(38)33-25(19-40-24-14-13-22-11-7-8-12-23(22)17-24)27(37)36-16-15-26-31(20-36,29(39)35(3)34-26)18-21-9-5-4-6-10-21/h4-14,17,25H,15-16,18-20,32H2,1-3H3,(H,33,38). The van der Waals surface area contributed by atoms with Gasteiger partial charge in [0.25, 0.3) is 5.91 Å². The predicted molar refractivity (Wildman–Crippen MR) is 154 cm³/mol. The van der Waals surface area contributed by atoms with Crippen LogP contribution in [0.2, 0.25) is 0 Å². The van der Waals surface area contributed by atoms with Crippen molar-refractivity contribution in [2.75, 3.05) is 26.7 Å². The van der Waals surface area contributed by atoms with Crippen molar-refractivity contribution >= 4 is 34.2 Å². The minimum absolute atomic E-state index is 0.0873. The second-order valence-corrected chi connectivity index (χ2v) is 11.2. The van der Waals surface area contributed by atoms with E-state index in [0.29, 0.717) is 25.1 Å². The quantitative estimate of drug-likeness (QED) is 0.455. The smallest absolute Gasteiger partial charge is 0.256 e. The zero-order valence-electron chi connectivity index (χ0n) is 23.1. The number of benzene rings is 3. The first kappa shape index (κ1) is 27.3. The van der Waals surface area contributed by atoms with Crippen molar-refractivity contribution in [2.45, 2.75) is 38.3 Å². The van der Waals surface area contributed by atoms with E-state index in [1.165, 1.54) is 5.01 Å². The summed E-state index contributed by atoms with van der Waals surface area (Å²) in [5.74, 6) is -0.353. The zero-order valence-corrected chi connectivity index (χ0v) is 23.1. The molecule has 9 nitrogen and oxygen atoms in total. The molecule has 0 spiro atoms. The van der Waals surface area contributed by atoms with Crippen LogP contribution in [0.15, 0.2) is 77.9 Å². The fourth-order valence-electron chi connectivity index (χ4n) is 5.39. The van der Waals surface area contributed by atoms with Crippen molar-refractivity contribution in [1.29, 1.82) is 0 Å². The number of hydrogen-bond acceptors (Lipinski definition) is 6. The van der Waals surface area contributed by atoms with E-state index in [1.807, 2.05) is 72.8 Å². The van der Waals surface area contributed by atoms with Crippen LogP contribution in [0.5, 0.6) is 5.75 Å². The lowest BCUT2D eigenvalue weighted by atomic mass is 9.73. The molecule has 2 atom stereocenters. The molecule has 2 unspecified atom stereocenters. The average Bonchev–Trinajstić information content (AvgIpc) is 3.19. The van der Waals surface area contributed by atoms with Crippen molar-refractivity contribution in [2.24, 2.45) is 16.3 Å². The molecular formula is C31H35N5O4. The first-order valence-corrected chi connectivity index (χ1v) is 13.5. The van der Waals surface area contributed by atoms with Gasteiger partial charge in [0.15, 0.2) is 0 Å². The lowest BCUT2D eigenvalue weighted by molar-refractivity contribution is -0.143. The number of likely N-dealkylation sites (tertiary alicyclic amines) is 1. The van der Waals surface area contributed by atoms with Crippen molar-refractivity contribution in [3.8, 4) is 5.75 Å². The van der Waals surface area contributed by atoms with E-state index >= 15 is 0 Å². The Morgan fingerprint density at radius 1 is 1.07 bits per heavy atom. The average molecular weight is 542 g/mol. The number of nitrogens with zero attached hydrogens (tertiary/aromatic N) is 3. The summed E-state index contributed by atoms with van der Waals surface area (Å²) < 4.78 is 6.05. The lowest BCUT2D eigenvalue weighted by Gasteiger charge is -2.40. The maximum atomic E-state index is 14.0. The van der Waals surface area contributed by atoms with Crippen LogP contribution < -0.4 is 15.8 Å². The third-order valence-electron chi connectivity index (χ3n) is 7.59. The number of nitrogens with two attached hydrogens (primary N) is 1. The number of hydrazone groups is 1. The monoisotopic (exact) mass is 541 g/mol. The van der Waals surface area contributed by atoms with Crippen molar-refractivity contribution in [1.82, 2.24) is 15.2 Å². The Morgan fingerprint density at radius 2 is 1.77 bits per heavy atom. The topological polar surface area (TPSA) is 117 Å². The van der Waals surface area contributed by atoms with Crippen molar-refractivity contribution in [3.05, 3.63) is 78.4 Å². The highest BCUT2D eigenvalue weighted by Crippen LogP contribution is 2.38. The van der Waals surface area contributed by atoms with Crippen LogP contribution in [0, 0.1) is 5.41 Å². The number of carbonyl (C=O) groups is 3. The Morgan fingerprint density at radius 3 is 2.50 bits per heavy atom. The van der Waals surface area contributed by atoms with Crippen molar-refractivity contribution < 1.29 is 19.1 Å². The molecule has 3 N–H and O–H groups in total. The molecule has 3 amide bonds. The lowest BCUT2D eigenvalue weighted by Crippen LogP contribution is -2.62. The van der Waals surface area contributed by atoms with Gasteiger partial charge in [-0.3, -0.25) is 14.4 Å². The number of hydrogen-bond donors (Lipinski definition) is 2. The molecule has 0 aromatic heterocycles. The van der Waals surface area contributed by atoms with Crippen LogP contribution in [0.4, 0.5) is 0 Å². The van der Waals surface area contributed by atoms with E-state index in [1.54, 1.807) is 25.8 Å². The summed E-state index contributed by atoms with van der Waals surface area (Å²) in [6, 6.07) is 22.3. The molecule has 2 aliphatic heterocycles. The first-order chi connectivity index (χ1) is 19.1. The SMILES string of the molecule is CN1N=C2CCN(C(=O)C(COc3ccc4ccccc4c3)NC(=O)C(C)(C)N)CC2(Cc2ccccc2)C1=O. The predicted octanol–water partition coefficient (Wildman–Crippen LogP) is 2.73. The van der Waals surface area contributed by atoms with E-state index < -0.39 is 22.9 Å². The minimum atomic E-state index is -1.19. The van der Waals surface area contributed by atoms with Gasteiger partial charge in [0.2, 0.25) is 11.8 Å². The van der Waals surface area contributed by atoms with Crippen LogP contribution in [0.1, 0.15) is 25.8 Å². The largest absolute Gasteiger partial charge is 0.491 e. The van der Waals surface area contributed by atoms with E-state index in [4.69, 9.17) is 10.5 Å². The Bertz CT molecular complexity index is 1470. The minimum Gasteiger partial charge on any atom is -0.491 e. The molecule has 5 rings (SSSR count). The molecule has 0 radical (unpaired) electrons. The summed E-state index contributed by atoms with van der Waals surface area (Å²) >= 11 is 0. The van der Waals surface area contributed by atoms with Gasteiger partial charge in [-0.15, -0.1) is 0 Å². The number of amides is 3. The first-order valence-electron chi connectivity index (χ1n) is 13.5. The van der Waals surface area contributed by atoms with Crippen LogP contribution in [0.3, 0.4) is 0 Å². The highest BCUT2D eigenvalue weighted by Gasteiger charge is 2.54. The molecular weight excluding hydrogens is 506 g/mol. The maximum absolute atomic E-state index is 14.0. The van der Waals surface area contributed by atoms with E-state index in [2.05, 4.69) is 10.4 Å². The highest BCUT2D eigenvalue weighted by atomic mass is 16.5. The molecule has 2 heterocycles. The third kappa shape index (κ3) is 5.42. The number of rotatable bonds is 8. The summed E-state index contributed by atoms with van der Waals surface area (Å²) in [5.41, 5.74) is 5.67. The molecule has 0 bridgehead atoms. The van der Waals surface area contributed by atoms with Crippen molar-refractivity contribution in [3.63, 3.8) is 0 Å². The molecule has 40 heavy (non-hydrogen) atoms. The Balaban J connectivity index is 1.39. The van der Waals surface area contributed by atoms with Crippen LogP contribution >= 0.6 is 0 Å². The van der Waals surface area contributed by atoms with Gasteiger partial charge in [0, 0.05) is 26.6 Å². The number of nitrogens with one attached hydrogen (secondary N) is 1. The van der Waals surface area contributed by atoms with Gasteiger partial charge in [0.1, 0.15) is 23.8 Å². The second-order valence-electron chi connectivity index (χ2n) is 11.2. The second kappa shape index (κ2) is 10.7. The summed E-state index contributed by atoms with van der Waals surface area (Å²) in [7, 11) is 1.65. The highest BCUT2D eigenvalue weighted by molar-refractivity contribution is 6.13. The Labute approximate surface area is 234 Å². The van der Waals surface area contributed by atoms with Gasteiger partial charge in [-0.1, -0.05) is 60.7 Å². The van der Waals surface area contributed by atoms with Crippen LogP contribution in [-0.4, -0.2) is 71.7 Å². The molecule has 3 aromatic rings. The Hall–Kier alpha value is -4.24. The van der Waals surface area contributed by atoms with E-state index in [-0.39, 0.29) is 25.0 Å². The molecule has 208 valence electrons. The number of carbonyl (C=O) groups excluding carboxylic acids is 3. The fraction of sp³-hybridized carbons (Fsp3) is 0.355. The van der Waals surface area contributed by atoms with Crippen LogP contribution in [-0.2, 0) is 20.8 Å². The maximum Gasteiger partial charge on any atom is 0.256 e. The summed E-state index contributed by atoms with van der Waals surface area (Å²) in [6.45, 7) is 3.62. The van der Waals surface area contributed by atoms with Crippen LogP contribution in [0.25, 0.3) is 10.8 Å². The Kier molecular flexibility index (Phi) is 7.33. The fourth-order valence-corrected chi connectivity index (χ4v) is 5.39. The molecule has 0 saturated carbocycles. The van der Waals surface area contributed by atoms with Gasteiger partial charge in [-0.2, -0.15) is 5.10 Å².